The van der Waals surface area contributed by atoms with Gasteiger partial charge in [0.25, 0.3) is 0 Å². The van der Waals surface area contributed by atoms with Crippen molar-refractivity contribution in [3.05, 3.63) is 0 Å². The highest BCUT2D eigenvalue weighted by Gasteiger charge is 1.92. The molecule has 6 nitrogen and oxygen atoms in total. The van der Waals surface area contributed by atoms with Gasteiger partial charge in [0.05, 0.1) is 0 Å². The number of hydrogen-bond acceptors (Lipinski definition) is 4. The Balaban J connectivity index is -0.0000000444. The highest BCUT2D eigenvalue weighted by atomic mass is 32.5. The van der Waals surface area contributed by atoms with Gasteiger partial charge in [0.15, 0.2) is 0 Å². The summed E-state index contributed by atoms with van der Waals surface area (Å²) in [6.45, 7) is 5.02. The SMILES string of the molecule is CC.CCC.CCCSC.CCCSC.OP(O)(O)=S.OP(O)(O)=S. The lowest BCUT2D eigenvalue weighted by molar-refractivity contribution is 0.361. The molecule has 0 radical (unpaired) electrons. The summed E-state index contributed by atoms with van der Waals surface area (Å²) >= 11 is 11.0. The number of hydrogen-bond donors (Lipinski definition) is 6. The van der Waals surface area contributed by atoms with E-state index in [-0.39, 0.29) is 0 Å². The molecule has 0 heterocycles. The molecule has 0 aromatic rings. The van der Waals surface area contributed by atoms with Crippen LogP contribution in [0.15, 0.2) is 0 Å². The normalized spacial score (nSPS) is 9.04. The van der Waals surface area contributed by atoms with Crippen LogP contribution in [0, 0.1) is 0 Å². The zero-order valence-electron chi connectivity index (χ0n) is 16.7. The molecule has 6 N–H and O–H groups in total. The monoisotopic (exact) mass is 482 g/mol. The number of thioether (sulfide) groups is 2. The molecule has 12 heteroatoms. The summed E-state index contributed by atoms with van der Waals surface area (Å²) in [6, 6.07) is 0. The summed E-state index contributed by atoms with van der Waals surface area (Å²) in [6.07, 6.45) is 8.12. The van der Waals surface area contributed by atoms with Gasteiger partial charge < -0.3 is 29.4 Å². The van der Waals surface area contributed by atoms with Crippen LogP contribution in [0.4, 0.5) is 0 Å². The summed E-state index contributed by atoms with van der Waals surface area (Å²) in [5.41, 5.74) is 0. The van der Waals surface area contributed by atoms with E-state index in [1.807, 2.05) is 37.4 Å². The van der Waals surface area contributed by atoms with Gasteiger partial charge in [0, 0.05) is 0 Å². The Morgan fingerprint density at radius 1 is 0.640 bits per heavy atom. The molecule has 0 aromatic carbocycles. The second-order valence-electron chi connectivity index (χ2n) is 3.72. The maximum Gasteiger partial charge on any atom is 0.319 e. The fourth-order valence-electron chi connectivity index (χ4n) is 0.408. The molecule has 0 atom stereocenters. The van der Waals surface area contributed by atoms with Gasteiger partial charge in [0.1, 0.15) is 0 Å². The molecular formula is C13H40O6P2S4. The Morgan fingerprint density at radius 2 is 0.760 bits per heavy atom. The van der Waals surface area contributed by atoms with Gasteiger partial charge in [-0.15, -0.1) is 0 Å². The molecule has 0 aliphatic carbocycles. The van der Waals surface area contributed by atoms with E-state index in [0.29, 0.717) is 0 Å². The predicted molar refractivity (Wildman–Crippen MR) is 127 cm³/mol. The molecule has 0 unspecified atom stereocenters. The highest BCUT2D eigenvalue weighted by Crippen LogP contribution is 2.26. The second-order valence-corrected chi connectivity index (χ2v) is 10.7. The molecule has 0 amide bonds. The van der Waals surface area contributed by atoms with Gasteiger partial charge in [-0.3, -0.25) is 0 Å². The Bertz CT molecular complexity index is 229. The zero-order chi connectivity index (χ0) is 21.9. The van der Waals surface area contributed by atoms with Crippen LogP contribution in [0.5, 0.6) is 0 Å². The van der Waals surface area contributed by atoms with Crippen LogP contribution in [-0.4, -0.2) is 53.4 Å². The van der Waals surface area contributed by atoms with Crippen LogP contribution in [0.1, 0.15) is 60.8 Å². The summed E-state index contributed by atoms with van der Waals surface area (Å²) < 4.78 is 0. The third-order valence-corrected chi connectivity index (χ3v) is 2.45. The molecule has 0 fully saturated rings. The minimum absolute atomic E-state index is 1.25. The second kappa shape index (κ2) is 36.6. The van der Waals surface area contributed by atoms with E-state index in [1.54, 1.807) is 0 Å². The van der Waals surface area contributed by atoms with Gasteiger partial charge in [0.2, 0.25) is 0 Å². The molecular weight excluding hydrogens is 442 g/mol. The Kier molecular flexibility index (Phi) is 60.4. The van der Waals surface area contributed by atoms with E-state index < -0.39 is 13.4 Å². The minimum Gasteiger partial charge on any atom is -0.325 e. The van der Waals surface area contributed by atoms with Gasteiger partial charge in [-0.25, -0.2) is 0 Å². The Morgan fingerprint density at radius 3 is 0.760 bits per heavy atom. The van der Waals surface area contributed by atoms with Crippen LogP contribution in [-0.2, 0) is 23.6 Å². The van der Waals surface area contributed by atoms with Crippen molar-refractivity contribution in [1.29, 1.82) is 0 Å². The van der Waals surface area contributed by atoms with E-state index >= 15 is 0 Å². The van der Waals surface area contributed by atoms with Gasteiger partial charge in [-0.2, -0.15) is 23.5 Å². The molecule has 0 aliphatic rings. The van der Waals surface area contributed by atoms with E-state index in [1.165, 1.54) is 30.8 Å². The van der Waals surface area contributed by atoms with Gasteiger partial charge >= 0.3 is 13.4 Å². The smallest absolute Gasteiger partial charge is 0.319 e. The van der Waals surface area contributed by atoms with Crippen molar-refractivity contribution in [2.24, 2.45) is 0 Å². The molecule has 0 saturated heterocycles. The van der Waals surface area contributed by atoms with Crippen molar-refractivity contribution in [2.45, 2.75) is 60.8 Å². The zero-order valence-corrected chi connectivity index (χ0v) is 21.8. The average molecular weight is 483 g/mol. The van der Waals surface area contributed by atoms with E-state index in [0.717, 1.165) is 0 Å². The maximum atomic E-state index is 7.56. The maximum absolute atomic E-state index is 7.56. The van der Waals surface area contributed by atoms with Crippen LogP contribution in [0.25, 0.3) is 0 Å². The van der Waals surface area contributed by atoms with E-state index in [9.17, 15) is 0 Å². The molecule has 25 heavy (non-hydrogen) atoms. The van der Waals surface area contributed by atoms with Crippen LogP contribution >= 0.6 is 37.0 Å². The number of rotatable bonds is 4. The minimum atomic E-state index is -3.81. The predicted octanol–water partition coefficient (Wildman–Crippen LogP) is 4.34. The third kappa shape index (κ3) is 438. The van der Waals surface area contributed by atoms with Crippen molar-refractivity contribution < 1.29 is 29.4 Å². The van der Waals surface area contributed by atoms with Crippen molar-refractivity contribution in [1.82, 2.24) is 0 Å². The largest absolute Gasteiger partial charge is 0.325 e. The molecule has 162 valence electrons. The highest BCUT2D eigenvalue weighted by molar-refractivity contribution is 8.06. The first-order valence-corrected chi connectivity index (χ1v) is 15.9. The third-order valence-electron chi connectivity index (χ3n) is 0.816. The van der Waals surface area contributed by atoms with Crippen molar-refractivity contribution in [2.75, 3.05) is 24.0 Å². The summed E-state index contributed by atoms with van der Waals surface area (Å²) in [4.78, 5) is 45.3. The van der Waals surface area contributed by atoms with Crippen LogP contribution in [0.3, 0.4) is 0 Å². The molecule has 0 aliphatic heterocycles. The van der Waals surface area contributed by atoms with Crippen LogP contribution in [0.2, 0.25) is 0 Å². The average Bonchev–Trinajstić information content (AvgIpc) is 2.41. The van der Waals surface area contributed by atoms with Crippen molar-refractivity contribution in [3.63, 3.8) is 0 Å². The first kappa shape index (κ1) is 41.2. The lowest BCUT2D eigenvalue weighted by atomic mass is 10.6. The lowest BCUT2D eigenvalue weighted by Gasteiger charge is -1.88. The molecule has 0 rings (SSSR count). The van der Waals surface area contributed by atoms with E-state index in [2.05, 4.69) is 63.8 Å². The van der Waals surface area contributed by atoms with E-state index in [4.69, 9.17) is 29.4 Å². The summed E-state index contributed by atoms with van der Waals surface area (Å²) in [5.74, 6) is 2.61. The van der Waals surface area contributed by atoms with Gasteiger partial charge in [-0.1, -0.05) is 48.0 Å². The molecule has 0 bridgehead atoms. The quantitative estimate of drug-likeness (QED) is 0.323. The topological polar surface area (TPSA) is 121 Å². The van der Waals surface area contributed by atoms with Gasteiger partial charge in [-0.05, 0) is 60.5 Å². The fraction of sp³-hybridized carbons (Fsp3) is 1.00. The van der Waals surface area contributed by atoms with Crippen molar-refractivity contribution in [3.8, 4) is 0 Å². The summed E-state index contributed by atoms with van der Waals surface area (Å²) in [5, 5.41) is 0. The van der Waals surface area contributed by atoms with Crippen molar-refractivity contribution >= 4 is 60.6 Å². The fourth-order valence-corrected chi connectivity index (χ4v) is 1.22. The first-order chi connectivity index (χ1) is 11.2. The first-order valence-electron chi connectivity index (χ1n) is 7.79. The standard InChI is InChI=1S/2C4H10S.C3H8.C2H6.2H3O3PS/c2*1-3-4-5-2;1-3-2;1-2;2*1-4(2,3)5/h2*3-4H2,1-2H3;3H2,1-2H3;1-2H3;2*(H3,1,2,3,5). The molecule has 0 aromatic heterocycles. The Hall–Kier alpha value is 1.76. The molecule has 0 spiro atoms. The lowest BCUT2D eigenvalue weighted by Crippen LogP contribution is -1.65. The van der Waals surface area contributed by atoms with Crippen LogP contribution < -0.4 is 0 Å². The summed E-state index contributed by atoms with van der Waals surface area (Å²) in [7, 11) is 0. The Labute approximate surface area is 174 Å². The molecule has 0 saturated carbocycles.